The summed E-state index contributed by atoms with van der Waals surface area (Å²) in [6.45, 7) is 7.53. The first-order valence-corrected chi connectivity index (χ1v) is 7.61. The summed E-state index contributed by atoms with van der Waals surface area (Å²) in [5.74, 6) is 1.13. The monoisotopic (exact) mass is 262 g/mol. The minimum atomic E-state index is 0.242. The van der Waals surface area contributed by atoms with Crippen LogP contribution in [0.4, 0.5) is 0 Å². The van der Waals surface area contributed by atoms with Crippen molar-refractivity contribution in [2.45, 2.75) is 39.2 Å². The van der Waals surface area contributed by atoms with Gasteiger partial charge in [-0.15, -0.1) is 0 Å². The predicted molar refractivity (Wildman–Crippen MR) is 81.5 cm³/mol. The van der Waals surface area contributed by atoms with E-state index in [1.54, 1.807) is 0 Å². The van der Waals surface area contributed by atoms with E-state index in [0.29, 0.717) is 0 Å². The van der Waals surface area contributed by atoms with Crippen molar-refractivity contribution in [3.8, 4) is 0 Å². The molecule has 1 unspecified atom stereocenters. The van der Waals surface area contributed by atoms with Gasteiger partial charge in [-0.2, -0.15) is 0 Å². The molecule has 1 fully saturated rings. The smallest absolute Gasteiger partial charge is 0.157 e. The molecule has 0 saturated carbocycles. The Morgan fingerprint density at radius 1 is 1.39 bits per heavy atom. The fraction of sp³-hybridized carbons (Fsp3) is 0.533. The topological polar surface area (TPSA) is 24.4 Å². The molecule has 1 heterocycles. The third kappa shape index (κ3) is 3.29. The highest BCUT2D eigenvalue weighted by molar-refractivity contribution is 8.14. The maximum atomic E-state index is 4.67. The van der Waals surface area contributed by atoms with E-state index in [0.717, 1.165) is 30.3 Å². The summed E-state index contributed by atoms with van der Waals surface area (Å²) in [6.07, 6.45) is 2.18. The number of aryl methyl sites for hydroxylation is 1. The van der Waals surface area contributed by atoms with Gasteiger partial charge in [-0.3, -0.25) is 4.99 Å². The van der Waals surface area contributed by atoms with Gasteiger partial charge in [-0.05, 0) is 37.8 Å². The Morgan fingerprint density at radius 2 is 2.17 bits per heavy atom. The summed E-state index contributed by atoms with van der Waals surface area (Å²) >= 11 is 1.85. The lowest BCUT2D eigenvalue weighted by molar-refractivity contribution is 0.466. The molecule has 0 spiro atoms. The molecule has 1 aliphatic rings. The molecular formula is C15H22N2S. The van der Waals surface area contributed by atoms with E-state index in [9.17, 15) is 0 Å². The number of amidine groups is 1. The van der Waals surface area contributed by atoms with Gasteiger partial charge in [0, 0.05) is 17.8 Å². The molecule has 3 heteroatoms. The molecule has 1 atom stereocenters. The van der Waals surface area contributed by atoms with Gasteiger partial charge in [0.05, 0.1) is 0 Å². The lowest BCUT2D eigenvalue weighted by Crippen LogP contribution is -2.39. The summed E-state index contributed by atoms with van der Waals surface area (Å²) in [5, 5.41) is 4.65. The van der Waals surface area contributed by atoms with Crippen molar-refractivity contribution in [3.63, 3.8) is 0 Å². The molecular weight excluding hydrogens is 240 g/mol. The summed E-state index contributed by atoms with van der Waals surface area (Å²) in [5.41, 5.74) is 3.01. The number of thioether (sulfide) groups is 1. The van der Waals surface area contributed by atoms with Crippen molar-refractivity contribution in [2.24, 2.45) is 4.99 Å². The van der Waals surface area contributed by atoms with Crippen LogP contribution in [-0.2, 0) is 6.42 Å². The molecule has 0 amide bonds. The third-order valence-corrected chi connectivity index (χ3v) is 4.90. The number of nitrogens with one attached hydrogen (secondary N) is 1. The van der Waals surface area contributed by atoms with Crippen LogP contribution < -0.4 is 5.32 Å². The molecule has 0 radical (unpaired) electrons. The molecule has 2 nitrogen and oxygen atoms in total. The van der Waals surface area contributed by atoms with Crippen molar-refractivity contribution in [2.75, 3.05) is 12.3 Å². The van der Waals surface area contributed by atoms with Crippen molar-refractivity contribution in [3.05, 3.63) is 35.4 Å². The first kappa shape index (κ1) is 13.5. The Morgan fingerprint density at radius 3 is 2.83 bits per heavy atom. The summed E-state index contributed by atoms with van der Waals surface area (Å²) in [7, 11) is 0. The van der Waals surface area contributed by atoms with Gasteiger partial charge < -0.3 is 5.32 Å². The number of hydrogen-bond donors (Lipinski definition) is 1. The van der Waals surface area contributed by atoms with E-state index in [-0.39, 0.29) is 5.54 Å². The average Bonchev–Trinajstić information content (AvgIpc) is 2.75. The van der Waals surface area contributed by atoms with Crippen molar-refractivity contribution in [1.29, 1.82) is 0 Å². The molecule has 2 rings (SSSR count). The van der Waals surface area contributed by atoms with Crippen LogP contribution in [0.1, 0.15) is 31.4 Å². The fourth-order valence-corrected chi connectivity index (χ4v) is 3.23. The van der Waals surface area contributed by atoms with E-state index in [1.165, 1.54) is 11.1 Å². The van der Waals surface area contributed by atoms with E-state index in [1.807, 2.05) is 11.8 Å². The highest BCUT2D eigenvalue weighted by Gasteiger charge is 2.30. The zero-order chi connectivity index (χ0) is 13.0. The Hall–Kier alpha value is -0.960. The van der Waals surface area contributed by atoms with Gasteiger partial charge in [0.1, 0.15) is 0 Å². The van der Waals surface area contributed by atoms with Crippen LogP contribution in [0.15, 0.2) is 29.3 Å². The first-order chi connectivity index (χ1) is 8.63. The Balaban J connectivity index is 1.88. The van der Waals surface area contributed by atoms with Gasteiger partial charge in [0.25, 0.3) is 0 Å². The Kier molecular flexibility index (Phi) is 4.33. The molecule has 0 bridgehead atoms. The number of nitrogens with zero attached hydrogens (tertiary/aromatic N) is 1. The maximum Gasteiger partial charge on any atom is 0.157 e. The van der Waals surface area contributed by atoms with Gasteiger partial charge in [0.2, 0.25) is 0 Å². The van der Waals surface area contributed by atoms with Crippen LogP contribution in [-0.4, -0.2) is 23.0 Å². The number of benzene rings is 1. The van der Waals surface area contributed by atoms with Gasteiger partial charge in [-0.25, -0.2) is 0 Å². The average molecular weight is 262 g/mol. The van der Waals surface area contributed by atoms with Gasteiger partial charge >= 0.3 is 0 Å². The highest BCUT2D eigenvalue weighted by atomic mass is 32.2. The summed E-state index contributed by atoms with van der Waals surface area (Å²) < 4.78 is 0. The van der Waals surface area contributed by atoms with Crippen LogP contribution in [0.25, 0.3) is 0 Å². The van der Waals surface area contributed by atoms with E-state index < -0.39 is 0 Å². The largest absolute Gasteiger partial charge is 0.359 e. The van der Waals surface area contributed by atoms with Crippen LogP contribution in [0.2, 0.25) is 0 Å². The van der Waals surface area contributed by atoms with Gasteiger partial charge in [-0.1, -0.05) is 43.0 Å². The van der Waals surface area contributed by atoms with Crippen molar-refractivity contribution >= 4 is 16.9 Å². The molecule has 0 aliphatic carbocycles. The predicted octanol–water partition coefficient (Wildman–Crippen LogP) is 3.40. The molecule has 18 heavy (non-hydrogen) atoms. The number of aliphatic imine (C=N–C) groups is 1. The van der Waals surface area contributed by atoms with Gasteiger partial charge in [0.15, 0.2) is 5.17 Å². The Labute approximate surface area is 114 Å². The Bertz CT molecular complexity index is 442. The molecule has 1 aromatic rings. The van der Waals surface area contributed by atoms with Crippen LogP contribution in [0.3, 0.4) is 0 Å². The lowest BCUT2D eigenvalue weighted by Gasteiger charge is -2.20. The molecule has 98 valence electrons. The number of rotatable bonds is 4. The SMILES string of the molecule is CCC1(C)CSC(=NCCc2ccccc2C)N1. The zero-order valence-corrected chi connectivity index (χ0v) is 12.3. The third-order valence-electron chi connectivity index (χ3n) is 3.61. The zero-order valence-electron chi connectivity index (χ0n) is 11.5. The summed E-state index contributed by atoms with van der Waals surface area (Å²) in [6, 6.07) is 8.55. The molecule has 1 aromatic carbocycles. The quantitative estimate of drug-likeness (QED) is 0.899. The van der Waals surface area contributed by atoms with E-state index in [2.05, 4.69) is 55.3 Å². The van der Waals surface area contributed by atoms with Crippen LogP contribution >= 0.6 is 11.8 Å². The van der Waals surface area contributed by atoms with Crippen molar-refractivity contribution in [1.82, 2.24) is 5.32 Å². The highest BCUT2D eigenvalue weighted by Crippen LogP contribution is 2.25. The number of hydrogen-bond acceptors (Lipinski definition) is 2. The second-order valence-electron chi connectivity index (χ2n) is 5.19. The van der Waals surface area contributed by atoms with Crippen molar-refractivity contribution < 1.29 is 0 Å². The molecule has 1 N–H and O–H groups in total. The van der Waals surface area contributed by atoms with Crippen LogP contribution in [0.5, 0.6) is 0 Å². The second kappa shape index (κ2) is 5.79. The van der Waals surface area contributed by atoms with E-state index >= 15 is 0 Å². The second-order valence-corrected chi connectivity index (χ2v) is 6.16. The fourth-order valence-electron chi connectivity index (χ4n) is 2.00. The minimum absolute atomic E-state index is 0.242. The lowest BCUT2D eigenvalue weighted by atomic mass is 10.0. The normalized spacial score (nSPS) is 25.4. The standard InChI is InChI=1S/C15H22N2S/c1-4-15(3)11-18-14(17-15)16-10-9-13-8-6-5-7-12(13)2/h5-8H,4,9-11H2,1-3H3,(H,16,17). The summed E-state index contributed by atoms with van der Waals surface area (Å²) in [4.78, 5) is 4.67. The minimum Gasteiger partial charge on any atom is -0.359 e. The molecule has 0 aromatic heterocycles. The first-order valence-electron chi connectivity index (χ1n) is 6.63. The van der Waals surface area contributed by atoms with Crippen LogP contribution in [0, 0.1) is 6.92 Å². The molecule has 1 saturated heterocycles. The molecule has 1 aliphatic heterocycles. The van der Waals surface area contributed by atoms with E-state index in [4.69, 9.17) is 0 Å². The maximum absolute atomic E-state index is 4.67.